The zero-order valence-corrected chi connectivity index (χ0v) is 24.4. The lowest BCUT2D eigenvalue weighted by atomic mass is 10.1. The first kappa shape index (κ1) is 29.6. The molecule has 4 aromatic heterocycles. The number of pyridine rings is 2. The van der Waals surface area contributed by atoms with Gasteiger partial charge in [-0.05, 0) is 64.3 Å². The molecule has 1 unspecified atom stereocenters. The zero-order chi connectivity index (χ0) is 29.5. The topological polar surface area (TPSA) is 99.8 Å². The maximum atomic E-state index is 12.5. The van der Waals surface area contributed by atoms with Gasteiger partial charge in [-0.2, -0.15) is 0 Å². The summed E-state index contributed by atoms with van der Waals surface area (Å²) in [4.78, 5) is 34.8. The number of aryl methyl sites for hydroxylation is 1. The number of nitrogens with zero attached hydrogens (tertiary/aromatic N) is 4. The van der Waals surface area contributed by atoms with Gasteiger partial charge in [-0.15, -0.1) is 13.2 Å². The lowest BCUT2D eigenvalue weighted by Crippen LogP contribution is -2.27. The minimum Gasteiger partial charge on any atom is -0.482 e. The molecule has 0 fully saturated rings. The number of esters is 1. The molecule has 0 saturated carbocycles. The molecule has 0 spiro atoms. The van der Waals surface area contributed by atoms with Crippen LogP contribution in [0.4, 0.5) is 0 Å². The number of carbonyl (C=O) groups excluding carboxylic acids is 2. The molecule has 0 radical (unpaired) electrons. The lowest BCUT2D eigenvalue weighted by molar-refractivity contribution is -0.121. The summed E-state index contributed by atoms with van der Waals surface area (Å²) >= 11 is 0. The molecule has 216 valence electrons. The van der Waals surface area contributed by atoms with E-state index in [2.05, 4.69) is 29.1 Å². The number of unbranched alkanes of at least 4 members (excludes halogenated alkanes) is 3. The molecule has 9 nitrogen and oxygen atoms in total. The van der Waals surface area contributed by atoms with Crippen LogP contribution in [0, 0.1) is 6.92 Å². The van der Waals surface area contributed by atoms with E-state index in [1.165, 1.54) is 0 Å². The molecule has 1 atom stereocenters. The van der Waals surface area contributed by atoms with E-state index >= 15 is 0 Å². The Labute approximate surface area is 240 Å². The number of amides is 1. The van der Waals surface area contributed by atoms with E-state index < -0.39 is 5.97 Å². The number of nitrogens with one attached hydrogen (secondary N) is 1. The van der Waals surface area contributed by atoms with Gasteiger partial charge < -0.3 is 19.4 Å². The fourth-order valence-electron chi connectivity index (χ4n) is 5.03. The van der Waals surface area contributed by atoms with Gasteiger partial charge in [0.15, 0.2) is 5.88 Å². The number of hydrogen-bond donors (Lipinski definition) is 1. The molecule has 0 saturated heterocycles. The largest absolute Gasteiger partial charge is 0.482 e. The number of fused-ring (bicyclic) bond motifs is 2. The van der Waals surface area contributed by atoms with Gasteiger partial charge in [-0.25, -0.2) is 14.8 Å². The van der Waals surface area contributed by atoms with Gasteiger partial charge in [0.05, 0.1) is 42.4 Å². The van der Waals surface area contributed by atoms with Crippen molar-refractivity contribution >= 4 is 28.6 Å². The molecule has 41 heavy (non-hydrogen) atoms. The van der Waals surface area contributed by atoms with Crippen LogP contribution in [0.15, 0.2) is 55.6 Å². The summed E-state index contributed by atoms with van der Waals surface area (Å²) in [6.07, 6.45) is 8.12. The standard InChI is InChI=1S/C32H39N5O4/c1-7-10-11-12-13-14-28(38)33-21(4)25-16-15-23-18-26(36(17-8-2)31(23)34-25)30-22(5)37-27(35-30)19-24(20-29(37)40-6)32(39)41-9-3/h7-8,15-16,18-21H,1-2,9-14,17H2,3-6H3,(H,33,38). The Kier molecular flexibility index (Phi) is 9.60. The summed E-state index contributed by atoms with van der Waals surface area (Å²) in [5, 5.41) is 4.03. The monoisotopic (exact) mass is 557 g/mol. The highest BCUT2D eigenvalue weighted by molar-refractivity contribution is 5.91. The summed E-state index contributed by atoms with van der Waals surface area (Å²) in [6.45, 7) is 14.2. The highest BCUT2D eigenvalue weighted by Gasteiger charge is 2.22. The van der Waals surface area contributed by atoms with Crippen LogP contribution < -0.4 is 10.1 Å². The SMILES string of the molecule is C=CCCCCCC(=O)NC(C)c1ccc2cc(-c3nc4cc(C(=O)OCC)cc(OC)n4c3C)n(CC=C)c2n1. The van der Waals surface area contributed by atoms with Crippen LogP contribution >= 0.6 is 0 Å². The van der Waals surface area contributed by atoms with Crippen molar-refractivity contribution in [2.24, 2.45) is 0 Å². The number of rotatable bonds is 14. The molecule has 4 aromatic rings. The fraction of sp³-hybridized carbons (Fsp3) is 0.375. The molecule has 0 aliphatic heterocycles. The first-order chi connectivity index (χ1) is 19.8. The van der Waals surface area contributed by atoms with Crippen molar-refractivity contribution in [3.63, 3.8) is 0 Å². The van der Waals surface area contributed by atoms with Crippen LogP contribution in [-0.4, -0.2) is 44.5 Å². The van der Waals surface area contributed by atoms with Crippen molar-refractivity contribution in [3.8, 4) is 17.3 Å². The Morgan fingerprint density at radius 3 is 2.61 bits per heavy atom. The number of allylic oxidation sites excluding steroid dienone is 2. The van der Waals surface area contributed by atoms with E-state index in [1.54, 1.807) is 26.2 Å². The molecule has 0 aliphatic carbocycles. The van der Waals surface area contributed by atoms with E-state index in [9.17, 15) is 9.59 Å². The Morgan fingerprint density at radius 2 is 1.90 bits per heavy atom. The molecule has 0 aromatic carbocycles. The van der Waals surface area contributed by atoms with E-state index in [0.29, 0.717) is 30.1 Å². The lowest BCUT2D eigenvalue weighted by Gasteiger charge is -2.14. The summed E-state index contributed by atoms with van der Waals surface area (Å²) in [7, 11) is 1.56. The molecule has 0 bridgehead atoms. The Morgan fingerprint density at radius 1 is 1.10 bits per heavy atom. The molecule has 4 heterocycles. The fourth-order valence-corrected chi connectivity index (χ4v) is 5.03. The van der Waals surface area contributed by atoms with E-state index in [4.69, 9.17) is 19.4 Å². The van der Waals surface area contributed by atoms with Gasteiger partial charge in [0, 0.05) is 24.4 Å². The number of hydrogen-bond acceptors (Lipinski definition) is 6. The van der Waals surface area contributed by atoms with Gasteiger partial charge >= 0.3 is 5.97 Å². The molecular weight excluding hydrogens is 518 g/mol. The van der Waals surface area contributed by atoms with E-state index in [1.807, 2.05) is 42.5 Å². The number of ether oxygens (including phenoxy) is 2. The van der Waals surface area contributed by atoms with E-state index in [0.717, 1.165) is 59.5 Å². The molecule has 1 amide bonds. The predicted octanol–water partition coefficient (Wildman–Crippen LogP) is 6.34. The van der Waals surface area contributed by atoms with Crippen LogP contribution in [0.2, 0.25) is 0 Å². The van der Waals surface area contributed by atoms with Crippen molar-refractivity contribution in [2.45, 2.75) is 65.5 Å². The third-order valence-corrected chi connectivity index (χ3v) is 7.09. The number of aromatic nitrogens is 4. The Bertz CT molecular complexity index is 1580. The average Bonchev–Trinajstić information content (AvgIpc) is 3.49. The Balaban J connectivity index is 1.69. The zero-order valence-electron chi connectivity index (χ0n) is 24.4. The second kappa shape index (κ2) is 13.3. The second-order valence-electron chi connectivity index (χ2n) is 10.0. The van der Waals surface area contributed by atoms with Gasteiger partial charge in [-0.3, -0.25) is 9.20 Å². The summed E-state index contributed by atoms with van der Waals surface area (Å²) in [5.74, 6) is 0.0809. The summed E-state index contributed by atoms with van der Waals surface area (Å²) < 4.78 is 14.8. The molecule has 4 rings (SSSR count). The average molecular weight is 558 g/mol. The van der Waals surface area contributed by atoms with E-state index in [-0.39, 0.29) is 18.6 Å². The van der Waals surface area contributed by atoms with Crippen LogP contribution in [0.3, 0.4) is 0 Å². The normalized spacial score (nSPS) is 11.9. The highest BCUT2D eigenvalue weighted by atomic mass is 16.5. The highest BCUT2D eigenvalue weighted by Crippen LogP contribution is 2.33. The van der Waals surface area contributed by atoms with Crippen LogP contribution in [0.5, 0.6) is 5.88 Å². The third kappa shape index (κ3) is 6.34. The number of methoxy groups -OCH3 is 1. The third-order valence-electron chi connectivity index (χ3n) is 7.09. The van der Waals surface area contributed by atoms with Gasteiger partial charge in [0.1, 0.15) is 17.0 Å². The maximum absolute atomic E-state index is 12.5. The minimum absolute atomic E-state index is 0.0247. The van der Waals surface area contributed by atoms with Gasteiger partial charge in [0.2, 0.25) is 5.91 Å². The number of carbonyl (C=O) groups is 2. The van der Waals surface area contributed by atoms with Crippen molar-refractivity contribution in [3.05, 3.63) is 72.6 Å². The second-order valence-corrected chi connectivity index (χ2v) is 10.0. The number of imidazole rings is 1. The quantitative estimate of drug-likeness (QED) is 0.110. The van der Waals surface area contributed by atoms with Crippen LogP contribution in [-0.2, 0) is 16.1 Å². The summed E-state index contributed by atoms with van der Waals surface area (Å²) in [5.41, 5.74) is 4.96. The summed E-state index contributed by atoms with van der Waals surface area (Å²) in [6, 6.07) is 9.15. The van der Waals surface area contributed by atoms with Crippen molar-refractivity contribution < 1.29 is 19.1 Å². The van der Waals surface area contributed by atoms with Gasteiger partial charge in [-0.1, -0.05) is 18.6 Å². The Hall–Kier alpha value is -4.40. The molecule has 9 heteroatoms. The van der Waals surface area contributed by atoms with Crippen molar-refractivity contribution in [1.82, 2.24) is 24.3 Å². The smallest absolute Gasteiger partial charge is 0.338 e. The minimum atomic E-state index is -0.429. The van der Waals surface area contributed by atoms with Crippen LogP contribution in [0.25, 0.3) is 28.1 Å². The maximum Gasteiger partial charge on any atom is 0.338 e. The van der Waals surface area contributed by atoms with Crippen molar-refractivity contribution in [1.29, 1.82) is 0 Å². The predicted molar refractivity (Wildman–Crippen MR) is 161 cm³/mol. The van der Waals surface area contributed by atoms with Crippen molar-refractivity contribution in [2.75, 3.05) is 13.7 Å². The molecular formula is C32H39N5O4. The molecule has 1 N–H and O–H groups in total. The van der Waals surface area contributed by atoms with Crippen LogP contribution in [0.1, 0.15) is 73.7 Å². The van der Waals surface area contributed by atoms with Gasteiger partial charge in [0.25, 0.3) is 0 Å². The first-order valence-electron chi connectivity index (χ1n) is 14.1. The first-order valence-corrected chi connectivity index (χ1v) is 14.1. The molecule has 0 aliphatic rings.